The Morgan fingerprint density at radius 3 is 2.40 bits per heavy atom. The molecule has 5 rings (SSSR count). The maximum atomic E-state index is 13.4. The number of hydrogen-bond donors (Lipinski definition) is 0. The minimum Gasteiger partial charge on any atom is -0.307 e. The van der Waals surface area contributed by atoms with E-state index in [-0.39, 0.29) is 5.91 Å². The molecule has 2 heterocycles. The highest BCUT2D eigenvalue weighted by Crippen LogP contribution is 2.47. The van der Waals surface area contributed by atoms with Crippen molar-refractivity contribution in [3.63, 3.8) is 0 Å². The summed E-state index contributed by atoms with van der Waals surface area (Å²) in [6.07, 6.45) is 4.88. The third-order valence-electron chi connectivity index (χ3n) is 7.07. The molecule has 2 aromatic carbocycles. The predicted octanol–water partition coefficient (Wildman–Crippen LogP) is 4.53. The van der Waals surface area contributed by atoms with Crippen LogP contribution in [0.4, 0.5) is 5.69 Å². The van der Waals surface area contributed by atoms with Crippen LogP contribution in [0.15, 0.2) is 48.5 Å². The van der Waals surface area contributed by atoms with Gasteiger partial charge in [-0.15, -0.1) is 0 Å². The number of nitrogens with zero attached hydrogens (tertiary/aromatic N) is 3. The van der Waals surface area contributed by atoms with Crippen molar-refractivity contribution < 1.29 is 4.79 Å². The third kappa shape index (κ3) is 4.01. The van der Waals surface area contributed by atoms with Crippen LogP contribution in [-0.2, 0) is 11.3 Å². The minimum atomic E-state index is 0.281. The van der Waals surface area contributed by atoms with Gasteiger partial charge in [0, 0.05) is 55.4 Å². The molecule has 1 amide bonds. The van der Waals surface area contributed by atoms with E-state index >= 15 is 0 Å². The quantitative estimate of drug-likeness (QED) is 0.722. The van der Waals surface area contributed by atoms with E-state index in [2.05, 4.69) is 51.1 Å². The molecule has 3 aliphatic rings. The van der Waals surface area contributed by atoms with Crippen molar-refractivity contribution >= 4 is 23.2 Å². The van der Waals surface area contributed by atoms with Crippen molar-refractivity contribution in [2.24, 2.45) is 0 Å². The number of halogens is 1. The first-order chi connectivity index (χ1) is 14.7. The SMILES string of the molecule is O=C(CN1CCN(Cc2ccc(Cl)cc2)CC1)N1c2ccccc2[C@H]2CCCC[C@H]21. The van der Waals surface area contributed by atoms with Crippen LogP contribution < -0.4 is 4.90 Å². The lowest BCUT2D eigenvalue weighted by Gasteiger charge is -2.37. The lowest BCUT2D eigenvalue weighted by molar-refractivity contribution is -0.120. The molecule has 2 atom stereocenters. The van der Waals surface area contributed by atoms with E-state index in [4.69, 9.17) is 11.6 Å². The van der Waals surface area contributed by atoms with Gasteiger partial charge in [-0.2, -0.15) is 0 Å². The van der Waals surface area contributed by atoms with Crippen LogP contribution >= 0.6 is 11.6 Å². The average molecular weight is 424 g/mol. The van der Waals surface area contributed by atoms with Crippen molar-refractivity contribution in [2.75, 3.05) is 37.6 Å². The van der Waals surface area contributed by atoms with Gasteiger partial charge in [0.05, 0.1) is 6.54 Å². The average Bonchev–Trinajstić information content (AvgIpc) is 3.11. The summed E-state index contributed by atoms with van der Waals surface area (Å²) in [5.41, 5.74) is 3.85. The minimum absolute atomic E-state index is 0.281. The lowest BCUT2D eigenvalue weighted by atomic mass is 9.82. The fourth-order valence-corrected chi connectivity index (χ4v) is 5.65. The number of anilines is 1. The predicted molar refractivity (Wildman–Crippen MR) is 122 cm³/mol. The van der Waals surface area contributed by atoms with Gasteiger partial charge in [-0.05, 0) is 42.2 Å². The Bertz CT molecular complexity index is 892. The second kappa shape index (κ2) is 8.70. The van der Waals surface area contributed by atoms with Crippen molar-refractivity contribution in [2.45, 2.75) is 44.2 Å². The molecule has 0 N–H and O–H groups in total. The maximum absolute atomic E-state index is 13.4. The molecule has 0 radical (unpaired) electrons. The number of piperazine rings is 1. The van der Waals surface area contributed by atoms with Crippen molar-refractivity contribution in [1.29, 1.82) is 0 Å². The summed E-state index contributed by atoms with van der Waals surface area (Å²) in [4.78, 5) is 20.3. The van der Waals surface area contributed by atoms with Gasteiger partial charge < -0.3 is 4.90 Å². The van der Waals surface area contributed by atoms with E-state index < -0.39 is 0 Å². The summed E-state index contributed by atoms with van der Waals surface area (Å²) < 4.78 is 0. The second-order valence-electron chi connectivity index (χ2n) is 8.96. The van der Waals surface area contributed by atoms with Crippen LogP contribution in [0, 0.1) is 0 Å². The van der Waals surface area contributed by atoms with Gasteiger partial charge in [-0.25, -0.2) is 0 Å². The summed E-state index contributed by atoms with van der Waals surface area (Å²) in [6, 6.07) is 17.1. The molecule has 4 nitrogen and oxygen atoms in total. The highest BCUT2D eigenvalue weighted by molar-refractivity contribution is 6.30. The molecule has 0 bridgehead atoms. The van der Waals surface area contributed by atoms with Crippen LogP contribution in [-0.4, -0.2) is 54.5 Å². The first-order valence-electron chi connectivity index (χ1n) is 11.3. The molecule has 5 heteroatoms. The number of carbonyl (C=O) groups is 1. The van der Waals surface area contributed by atoms with Crippen molar-refractivity contribution in [1.82, 2.24) is 9.80 Å². The van der Waals surface area contributed by atoms with Gasteiger partial charge >= 0.3 is 0 Å². The molecule has 1 aliphatic carbocycles. The van der Waals surface area contributed by atoms with Gasteiger partial charge in [0.2, 0.25) is 5.91 Å². The topological polar surface area (TPSA) is 26.8 Å². The van der Waals surface area contributed by atoms with Gasteiger partial charge in [0.25, 0.3) is 0 Å². The van der Waals surface area contributed by atoms with E-state index in [1.807, 2.05) is 12.1 Å². The number of rotatable bonds is 4. The third-order valence-corrected chi connectivity index (χ3v) is 7.32. The molecule has 1 saturated carbocycles. The fourth-order valence-electron chi connectivity index (χ4n) is 5.52. The molecular weight excluding hydrogens is 394 g/mol. The monoisotopic (exact) mass is 423 g/mol. The Hall–Kier alpha value is -1.88. The molecule has 30 heavy (non-hydrogen) atoms. The Morgan fingerprint density at radius 1 is 0.900 bits per heavy atom. The van der Waals surface area contributed by atoms with Gasteiger partial charge in [0.15, 0.2) is 0 Å². The molecule has 158 valence electrons. The molecular formula is C25H30ClN3O. The van der Waals surface area contributed by atoms with E-state index in [1.54, 1.807) is 0 Å². The molecule has 2 aliphatic heterocycles. The number of hydrogen-bond acceptors (Lipinski definition) is 3. The number of amides is 1. The first-order valence-corrected chi connectivity index (χ1v) is 11.7. The molecule has 2 fully saturated rings. The first kappa shape index (κ1) is 20.0. The molecule has 2 aromatic rings. The van der Waals surface area contributed by atoms with Crippen LogP contribution in [0.2, 0.25) is 5.02 Å². The summed E-state index contributed by atoms with van der Waals surface area (Å²) in [5.74, 6) is 0.818. The van der Waals surface area contributed by atoms with Crippen LogP contribution in [0.1, 0.15) is 42.7 Å². The Morgan fingerprint density at radius 2 is 1.60 bits per heavy atom. The Kier molecular flexibility index (Phi) is 5.81. The van der Waals surface area contributed by atoms with Gasteiger partial charge in [-0.1, -0.05) is 54.8 Å². The highest BCUT2D eigenvalue weighted by Gasteiger charge is 2.42. The second-order valence-corrected chi connectivity index (χ2v) is 9.40. The molecule has 1 saturated heterocycles. The number of benzene rings is 2. The molecule has 0 unspecified atom stereocenters. The van der Waals surface area contributed by atoms with E-state index in [0.29, 0.717) is 18.5 Å². The van der Waals surface area contributed by atoms with E-state index in [0.717, 1.165) is 44.2 Å². The van der Waals surface area contributed by atoms with Crippen LogP contribution in [0.25, 0.3) is 0 Å². The van der Waals surface area contributed by atoms with Crippen molar-refractivity contribution in [3.05, 3.63) is 64.7 Å². The highest BCUT2D eigenvalue weighted by atomic mass is 35.5. The maximum Gasteiger partial charge on any atom is 0.241 e. The Labute approximate surface area is 184 Å². The smallest absolute Gasteiger partial charge is 0.241 e. The zero-order valence-electron chi connectivity index (χ0n) is 17.5. The van der Waals surface area contributed by atoms with E-state index in [1.165, 1.54) is 36.1 Å². The number of carbonyl (C=O) groups excluding carboxylic acids is 1. The molecule has 0 spiro atoms. The summed E-state index contributed by atoms with van der Waals surface area (Å²) in [7, 11) is 0. The van der Waals surface area contributed by atoms with Crippen LogP contribution in [0.5, 0.6) is 0 Å². The van der Waals surface area contributed by atoms with Gasteiger partial charge in [0.1, 0.15) is 0 Å². The number of para-hydroxylation sites is 1. The summed E-state index contributed by atoms with van der Waals surface area (Å²) >= 11 is 5.99. The zero-order chi connectivity index (χ0) is 20.5. The van der Waals surface area contributed by atoms with Gasteiger partial charge in [-0.3, -0.25) is 14.6 Å². The fraction of sp³-hybridized carbons (Fsp3) is 0.480. The number of fused-ring (bicyclic) bond motifs is 3. The normalized spacial score (nSPS) is 24.5. The van der Waals surface area contributed by atoms with Crippen molar-refractivity contribution in [3.8, 4) is 0 Å². The summed E-state index contributed by atoms with van der Waals surface area (Å²) in [6.45, 7) is 5.37. The molecule has 0 aromatic heterocycles. The van der Waals surface area contributed by atoms with E-state index in [9.17, 15) is 4.79 Å². The Balaban J connectivity index is 1.20. The lowest BCUT2D eigenvalue weighted by Crippen LogP contribution is -2.51. The summed E-state index contributed by atoms with van der Waals surface area (Å²) in [5, 5.41) is 0.783. The largest absolute Gasteiger partial charge is 0.307 e. The standard InChI is InChI=1S/C25H30ClN3O/c26-20-11-9-19(10-12-20)17-27-13-15-28(16-14-27)18-25(30)29-23-7-3-1-5-21(23)22-6-2-4-8-24(22)29/h1,3,5,7,9-12,22,24H,2,4,6,8,13-18H2/t22-,24-/m1/s1. The van der Waals surface area contributed by atoms with Crippen LogP contribution in [0.3, 0.4) is 0 Å². The zero-order valence-corrected chi connectivity index (χ0v) is 18.2.